The van der Waals surface area contributed by atoms with Crippen LogP contribution < -0.4 is 21.7 Å². The Hall–Kier alpha value is -2.08. The molecule has 2 rings (SSSR count). The summed E-state index contributed by atoms with van der Waals surface area (Å²) in [5.41, 5.74) is 6.64. The Kier molecular flexibility index (Phi) is 4.35. The van der Waals surface area contributed by atoms with Crippen molar-refractivity contribution in [2.75, 3.05) is 18.4 Å². The average Bonchev–Trinajstić information content (AvgIpc) is 2.91. The quantitative estimate of drug-likeness (QED) is 0.632. The topological polar surface area (TPSA) is 96.2 Å². The second-order valence-electron chi connectivity index (χ2n) is 4.59. The summed E-state index contributed by atoms with van der Waals surface area (Å²) in [5, 5.41) is 8.56. The summed E-state index contributed by atoms with van der Waals surface area (Å²) in [4.78, 5) is 22.5. The molecule has 1 aromatic carbocycles. The first kappa shape index (κ1) is 13.4. The number of nitrogens with two attached hydrogens (primary N) is 1. The lowest BCUT2D eigenvalue weighted by molar-refractivity contribution is -0.124. The van der Waals surface area contributed by atoms with Crippen LogP contribution in [0.3, 0.4) is 0 Å². The van der Waals surface area contributed by atoms with Crippen molar-refractivity contribution in [3.63, 3.8) is 0 Å². The van der Waals surface area contributed by atoms with Crippen LogP contribution in [0, 0.1) is 5.92 Å². The number of amides is 3. The number of carbonyl (C=O) groups is 2. The Bertz CT molecular complexity index is 452. The van der Waals surface area contributed by atoms with Crippen LogP contribution >= 0.6 is 0 Å². The van der Waals surface area contributed by atoms with Crippen molar-refractivity contribution in [1.29, 1.82) is 0 Å². The third-order valence-electron chi connectivity index (χ3n) is 3.12. The van der Waals surface area contributed by atoms with Gasteiger partial charge in [-0.05, 0) is 30.7 Å². The Morgan fingerprint density at radius 2 is 2.05 bits per heavy atom. The number of benzene rings is 1. The highest BCUT2D eigenvalue weighted by atomic mass is 16.2. The molecule has 19 heavy (non-hydrogen) atoms. The predicted octanol–water partition coefficient (Wildman–Crippen LogP) is 0.403. The third-order valence-corrected chi connectivity index (χ3v) is 3.12. The fraction of sp³-hybridized carbons (Fsp3) is 0.385. The summed E-state index contributed by atoms with van der Waals surface area (Å²) in [5.74, 6) is 0.167. The summed E-state index contributed by atoms with van der Waals surface area (Å²) < 4.78 is 0. The molecular weight excluding hydrogens is 244 g/mol. The Morgan fingerprint density at radius 3 is 2.63 bits per heavy atom. The molecule has 1 unspecified atom stereocenters. The van der Waals surface area contributed by atoms with E-state index in [1.54, 1.807) is 12.1 Å². The van der Waals surface area contributed by atoms with Crippen LogP contribution in [0.1, 0.15) is 12.0 Å². The minimum atomic E-state index is -0.588. The monoisotopic (exact) mass is 262 g/mol. The number of primary amides is 1. The Labute approximate surface area is 111 Å². The van der Waals surface area contributed by atoms with Crippen molar-refractivity contribution < 1.29 is 9.59 Å². The summed E-state index contributed by atoms with van der Waals surface area (Å²) in [6, 6.07) is 6.61. The van der Waals surface area contributed by atoms with E-state index in [1.807, 2.05) is 12.1 Å². The molecule has 1 aliphatic rings. The lowest BCUT2D eigenvalue weighted by Crippen LogP contribution is -2.31. The first-order valence-corrected chi connectivity index (χ1v) is 6.29. The van der Waals surface area contributed by atoms with Gasteiger partial charge in [0, 0.05) is 18.8 Å². The summed E-state index contributed by atoms with van der Waals surface area (Å²) in [6.07, 6.45) is 0.896. The van der Waals surface area contributed by atoms with Gasteiger partial charge in [-0.1, -0.05) is 12.1 Å². The first-order chi connectivity index (χ1) is 9.15. The number of carbonyl (C=O) groups excluding carboxylic acids is 2. The van der Waals surface area contributed by atoms with E-state index in [4.69, 9.17) is 5.73 Å². The van der Waals surface area contributed by atoms with Gasteiger partial charge in [0.05, 0.1) is 5.92 Å². The summed E-state index contributed by atoms with van der Waals surface area (Å²) in [7, 11) is 0. The zero-order valence-corrected chi connectivity index (χ0v) is 10.6. The van der Waals surface area contributed by atoms with Crippen molar-refractivity contribution in [3.8, 4) is 0 Å². The number of urea groups is 1. The average molecular weight is 262 g/mol. The van der Waals surface area contributed by atoms with Crippen molar-refractivity contribution in [1.82, 2.24) is 10.6 Å². The van der Waals surface area contributed by atoms with Gasteiger partial charge in [-0.2, -0.15) is 0 Å². The molecule has 0 radical (unpaired) electrons. The smallest absolute Gasteiger partial charge is 0.316 e. The molecule has 0 aliphatic carbocycles. The first-order valence-electron chi connectivity index (χ1n) is 6.29. The van der Waals surface area contributed by atoms with Gasteiger partial charge in [-0.15, -0.1) is 0 Å². The number of hydrogen-bond acceptors (Lipinski definition) is 3. The molecule has 6 nitrogen and oxygen atoms in total. The highest BCUT2D eigenvalue weighted by molar-refractivity contribution is 5.87. The van der Waals surface area contributed by atoms with Gasteiger partial charge < -0.3 is 21.7 Å². The molecule has 0 aromatic heterocycles. The van der Waals surface area contributed by atoms with Gasteiger partial charge in [0.2, 0.25) is 5.91 Å². The summed E-state index contributed by atoms with van der Waals surface area (Å²) >= 11 is 0. The number of nitrogens with one attached hydrogen (secondary N) is 3. The second-order valence-corrected chi connectivity index (χ2v) is 4.59. The highest BCUT2D eigenvalue weighted by Crippen LogP contribution is 2.10. The van der Waals surface area contributed by atoms with Crippen LogP contribution in [0.5, 0.6) is 0 Å². The zero-order chi connectivity index (χ0) is 13.7. The van der Waals surface area contributed by atoms with Gasteiger partial charge in [0.1, 0.15) is 0 Å². The van der Waals surface area contributed by atoms with Crippen molar-refractivity contribution in [2.24, 2.45) is 11.7 Å². The fourth-order valence-corrected chi connectivity index (χ4v) is 2.06. The van der Waals surface area contributed by atoms with E-state index in [1.165, 1.54) is 0 Å². The van der Waals surface area contributed by atoms with Crippen LogP contribution in [0.15, 0.2) is 24.3 Å². The lowest BCUT2D eigenvalue weighted by Gasteiger charge is -2.10. The zero-order valence-electron chi connectivity index (χ0n) is 10.6. The molecule has 102 valence electrons. The largest absolute Gasteiger partial charge is 0.352 e. The minimum absolute atomic E-state index is 0.0794. The van der Waals surface area contributed by atoms with Gasteiger partial charge in [-0.3, -0.25) is 4.79 Å². The van der Waals surface area contributed by atoms with Crippen molar-refractivity contribution >= 4 is 17.6 Å². The van der Waals surface area contributed by atoms with Crippen LogP contribution in [-0.2, 0) is 11.3 Å². The molecule has 1 heterocycles. The second kappa shape index (κ2) is 6.19. The molecule has 1 fully saturated rings. The Morgan fingerprint density at radius 1 is 1.32 bits per heavy atom. The van der Waals surface area contributed by atoms with Gasteiger partial charge in [-0.25, -0.2) is 4.79 Å². The van der Waals surface area contributed by atoms with Crippen LogP contribution in [-0.4, -0.2) is 25.0 Å². The van der Waals surface area contributed by atoms with Gasteiger partial charge in [0.15, 0.2) is 0 Å². The lowest BCUT2D eigenvalue weighted by atomic mass is 10.1. The molecule has 0 bridgehead atoms. The number of rotatable bonds is 4. The van der Waals surface area contributed by atoms with Crippen LogP contribution in [0.2, 0.25) is 0 Å². The van der Waals surface area contributed by atoms with Crippen molar-refractivity contribution in [2.45, 2.75) is 13.0 Å². The van der Waals surface area contributed by atoms with Crippen molar-refractivity contribution in [3.05, 3.63) is 29.8 Å². The molecule has 1 aromatic rings. The van der Waals surface area contributed by atoms with E-state index in [0.717, 1.165) is 25.1 Å². The maximum Gasteiger partial charge on any atom is 0.316 e. The highest BCUT2D eigenvalue weighted by Gasteiger charge is 2.21. The number of anilines is 1. The number of hydrogen-bond donors (Lipinski definition) is 4. The third kappa shape index (κ3) is 3.96. The predicted molar refractivity (Wildman–Crippen MR) is 72.5 cm³/mol. The van der Waals surface area contributed by atoms with E-state index in [-0.39, 0.29) is 11.8 Å². The molecule has 6 heteroatoms. The normalized spacial score (nSPS) is 18.0. The van der Waals surface area contributed by atoms with Crippen LogP contribution in [0.4, 0.5) is 10.5 Å². The Balaban J connectivity index is 1.82. The molecule has 1 atom stereocenters. The minimum Gasteiger partial charge on any atom is -0.352 e. The fourth-order valence-electron chi connectivity index (χ4n) is 2.06. The molecule has 0 saturated carbocycles. The standard InChI is InChI=1S/C13H18N4O2/c14-13(19)17-11-3-1-9(2-4-11)7-16-12(18)10-5-6-15-8-10/h1-4,10,15H,5-8H2,(H,16,18)(H3,14,17,19). The van der Waals surface area contributed by atoms with Gasteiger partial charge >= 0.3 is 6.03 Å². The maximum atomic E-state index is 11.8. The SMILES string of the molecule is NC(=O)Nc1ccc(CNC(=O)C2CCNC2)cc1. The molecule has 3 amide bonds. The van der Waals surface area contributed by atoms with E-state index in [9.17, 15) is 9.59 Å². The van der Waals surface area contributed by atoms with E-state index < -0.39 is 6.03 Å². The molecule has 5 N–H and O–H groups in total. The molecular formula is C13H18N4O2. The van der Waals surface area contributed by atoms with E-state index >= 15 is 0 Å². The van der Waals surface area contributed by atoms with E-state index in [2.05, 4.69) is 16.0 Å². The molecule has 1 aliphatic heterocycles. The van der Waals surface area contributed by atoms with Crippen LogP contribution in [0.25, 0.3) is 0 Å². The van der Waals surface area contributed by atoms with E-state index in [0.29, 0.717) is 12.2 Å². The molecule has 0 spiro atoms. The van der Waals surface area contributed by atoms with Gasteiger partial charge in [0.25, 0.3) is 0 Å². The summed E-state index contributed by atoms with van der Waals surface area (Å²) in [6.45, 7) is 2.16. The molecule has 1 saturated heterocycles. The maximum absolute atomic E-state index is 11.8.